The minimum atomic E-state index is -4.37. The van der Waals surface area contributed by atoms with E-state index in [-0.39, 0.29) is 11.7 Å². The maximum Gasteiger partial charge on any atom is 0.416 e. The molecule has 0 spiro atoms. The van der Waals surface area contributed by atoms with Gasteiger partial charge in [-0.25, -0.2) is 0 Å². The Bertz CT molecular complexity index is 541. The third-order valence-electron chi connectivity index (χ3n) is 4.33. The number of allylic oxidation sites excluding steroid dienone is 1. The van der Waals surface area contributed by atoms with E-state index in [0.29, 0.717) is 25.4 Å². The summed E-state index contributed by atoms with van der Waals surface area (Å²) >= 11 is 0. The van der Waals surface area contributed by atoms with Crippen LogP contribution >= 0.6 is 0 Å². The van der Waals surface area contributed by atoms with Crippen molar-refractivity contribution in [3.8, 4) is 5.75 Å². The zero-order chi connectivity index (χ0) is 17.6. The molecule has 1 fully saturated rings. The number of alkyl halides is 3. The van der Waals surface area contributed by atoms with E-state index in [0.717, 1.165) is 31.4 Å². The molecule has 3 nitrogen and oxygen atoms in total. The summed E-state index contributed by atoms with van der Waals surface area (Å²) in [5.41, 5.74) is -0.716. The van der Waals surface area contributed by atoms with Crippen LogP contribution in [0.3, 0.4) is 0 Å². The van der Waals surface area contributed by atoms with E-state index >= 15 is 0 Å². The minimum Gasteiger partial charge on any atom is -0.493 e. The number of aliphatic hydroxyl groups is 2. The molecular formula is C18H23F3O3. The lowest BCUT2D eigenvalue weighted by Crippen LogP contribution is -2.15. The van der Waals surface area contributed by atoms with E-state index in [2.05, 4.69) is 6.08 Å². The molecule has 2 atom stereocenters. The summed E-state index contributed by atoms with van der Waals surface area (Å²) in [7, 11) is 0. The van der Waals surface area contributed by atoms with Crippen molar-refractivity contribution < 1.29 is 28.1 Å². The van der Waals surface area contributed by atoms with Crippen LogP contribution < -0.4 is 4.74 Å². The fraction of sp³-hybridized carbons (Fsp3) is 0.556. The zero-order valence-electron chi connectivity index (χ0n) is 13.4. The smallest absolute Gasteiger partial charge is 0.416 e. The summed E-state index contributed by atoms with van der Waals surface area (Å²) in [6.45, 7) is 0.303. The molecule has 0 aliphatic heterocycles. The summed E-state index contributed by atoms with van der Waals surface area (Å²) in [5.74, 6) is 0.825. The Kier molecular flexibility index (Phi) is 6.69. The molecule has 1 saturated carbocycles. The first-order chi connectivity index (χ1) is 11.4. The minimum absolute atomic E-state index is 0.209. The van der Waals surface area contributed by atoms with Gasteiger partial charge in [0.25, 0.3) is 0 Å². The molecule has 0 amide bonds. The van der Waals surface area contributed by atoms with Crippen molar-refractivity contribution in [1.29, 1.82) is 0 Å². The van der Waals surface area contributed by atoms with Gasteiger partial charge in [0.2, 0.25) is 0 Å². The van der Waals surface area contributed by atoms with Crippen LogP contribution in [0.5, 0.6) is 5.75 Å². The molecule has 0 aromatic heterocycles. The SMILES string of the molecule is OC(O)C[C@H]1CCC[C@@H]1/C=C/CCOc1cccc(C(F)(F)F)c1. The van der Waals surface area contributed by atoms with Crippen molar-refractivity contribution in [1.82, 2.24) is 0 Å². The third kappa shape index (κ3) is 5.83. The highest BCUT2D eigenvalue weighted by Crippen LogP contribution is 2.35. The van der Waals surface area contributed by atoms with Gasteiger partial charge in [-0.3, -0.25) is 0 Å². The van der Waals surface area contributed by atoms with Crippen LogP contribution in [-0.2, 0) is 6.18 Å². The fourth-order valence-electron chi connectivity index (χ4n) is 3.16. The number of aliphatic hydroxyl groups excluding tert-OH is 1. The summed E-state index contributed by atoms with van der Waals surface area (Å²) in [5, 5.41) is 18.2. The lowest BCUT2D eigenvalue weighted by Gasteiger charge is -2.17. The Morgan fingerprint density at radius 3 is 2.75 bits per heavy atom. The highest BCUT2D eigenvalue weighted by molar-refractivity contribution is 5.30. The van der Waals surface area contributed by atoms with E-state index in [1.807, 2.05) is 6.08 Å². The Hall–Kier alpha value is -1.53. The maximum atomic E-state index is 12.6. The van der Waals surface area contributed by atoms with Crippen LogP contribution in [0.4, 0.5) is 13.2 Å². The second-order valence-corrected chi connectivity index (χ2v) is 6.16. The number of ether oxygens (including phenoxy) is 1. The van der Waals surface area contributed by atoms with E-state index in [1.54, 1.807) is 0 Å². The van der Waals surface area contributed by atoms with Crippen molar-refractivity contribution in [2.45, 2.75) is 44.6 Å². The van der Waals surface area contributed by atoms with Gasteiger partial charge in [-0.15, -0.1) is 0 Å². The van der Waals surface area contributed by atoms with Gasteiger partial charge >= 0.3 is 6.18 Å². The molecule has 6 heteroatoms. The van der Waals surface area contributed by atoms with Crippen molar-refractivity contribution in [2.24, 2.45) is 11.8 Å². The predicted octanol–water partition coefficient (Wildman–Crippen LogP) is 4.15. The Labute approximate surface area is 139 Å². The van der Waals surface area contributed by atoms with Gasteiger partial charge < -0.3 is 14.9 Å². The predicted molar refractivity (Wildman–Crippen MR) is 84.4 cm³/mol. The summed E-state index contributed by atoms with van der Waals surface area (Å²) in [4.78, 5) is 0. The van der Waals surface area contributed by atoms with E-state index in [9.17, 15) is 13.2 Å². The molecule has 0 saturated heterocycles. The summed E-state index contributed by atoms with van der Waals surface area (Å²) in [6.07, 6.45) is 2.47. The highest BCUT2D eigenvalue weighted by atomic mass is 19.4. The molecule has 0 heterocycles. The van der Waals surface area contributed by atoms with Gasteiger partial charge in [-0.2, -0.15) is 13.2 Å². The molecule has 134 valence electrons. The average Bonchev–Trinajstić information content (AvgIpc) is 2.93. The molecule has 0 unspecified atom stereocenters. The van der Waals surface area contributed by atoms with Gasteiger partial charge in [-0.1, -0.05) is 24.6 Å². The first-order valence-electron chi connectivity index (χ1n) is 8.19. The lowest BCUT2D eigenvalue weighted by molar-refractivity contribution is -0.137. The second kappa shape index (κ2) is 8.53. The Morgan fingerprint density at radius 1 is 1.25 bits per heavy atom. The molecule has 0 radical (unpaired) electrons. The Balaban J connectivity index is 1.76. The first kappa shape index (κ1) is 18.8. The van der Waals surface area contributed by atoms with Crippen molar-refractivity contribution in [3.05, 3.63) is 42.0 Å². The Morgan fingerprint density at radius 2 is 2.04 bits per heavy atom. The van der Waals surface area contributed by atoms with Crippen molar-refractivity contribution in [3.63, 3.8) is 0 Å². The van der Waals surface area contributed by atoms with Crippen LogP contribution in [0, 0.1) is 11.8 Å². The number of benzene rings is 1. The molecule has 24 heavy (non-hydrogen) atoms. The van der Waals surface area contributed by atoms with E-state index in [4.69, 9.17) is 14.9 Å². The van der Waals surface area contributed by atoms with Crippen LogP contribution in [0.25, 0.3) is 0 Å². The molecule has 0 bridgehead atoms. The second-order valence-electron chi connectivity index (χ2n) is 6.16. The van der Waals surface area contributed by atoms with Crippen LogP contribution in [0.1, 0.15) is 37.7 Å². The van der Waals surface area contributed by atoms with Crippen molar-refractivity contribution in [2.75, 3.05) is 6.61 Å². The standard InChI is InChI=1S/C18H23F3O3/c19-18(20,21)15-8-4-9-16(12-15)24-10-2-1-5-13-6-3-7-14(13)11-17(22)23/h1,4-5,8-9,12-14,17,22-23H,2-3,6-7,10-11H2/b5-1+/t13-,14+/m0/s1. The van der Waals surface area contributed by atoms with E-state index < -0.39 is 18.0 Å². The van der Waals surface area contributed by atoms with E-state index in [1.165, 1.54) is 12.1 Å². The monoisotopic (exact) mass is 344 g/mol. The van der Waals surface area contributed by atoms with Crippen LogP contribution in [0.15, 0.2) is 36.4 Å². The van der Waals surface area contributed by atoms with Gasteiger partial charge in [0.05, 0.1) is 12.2 Å². The van der Waals surface area contributed by atoms with Crippen LogP contribution in [-0.4, -0.2) is 23.1 Å². The number of rotatable bonds is 7. The highest BCUT2D eigenvalue weighted by Gasteiger charge is 2.30. The number of halogens is 3. The largest absolute Gasteiger partial charge is 0.493 e. The number of hydrogen-bond acceptors (Lipinski definition) is 3. The quantitative estimate of drug-likeness (QED) is 0.444. The molecule has 1 aromatic rings. The number of hydrogen-bond donors (Lipinski definition) is 2. The zero-order valence-corrected chi connectivity index (χ0v) is 13.4. The van der Waals surface area contributed by atoms with Crippen molar-refractivity contribution >= 4 is 0 Å². The maximum absolute atomic E-state index is 12.6. The molecule has 1 aliphatic carbocycles. The van der Waals surface area contributed by atoms with Gasteiger partial charge in [0.1, 0.15) is 5.75 Å². The summed E-state index contributed by atoms with van der Waals surface area (Å²) < 4.78 is 43.2. The third-order valence-corrected chi connectivity index (χ3v) is 4.33. The lowest BCUT2D eigenvalue weighted by atomic mass is 9.92. The molecule has 2 rings (SSSR count). The fourth-order valence-corrected chi connectivity index (χ4v) is 3.16. The van der Waals surface area contributed by atoms with Crippen LogP contribution in [0.2, 0.25) is 0 Å². The topological polar surface area (TPSA) is 49.7 Å². The molecule has 1 aromatic carbocycles. The van der Waals surface area contributed by atoms with Gasteiger partial charge in [0.15, 0.2) is 6.29 Å². The first-order valence-corrected chi connectivity index (χ1v) is 8.19. The molecule has 2 N–H and O–H groups in total. The molecular weight excluding hydrogens is 321 g/mol. The molecule has 1 aliphatic rings. The summed E-state index contributed by atoms with van der Waals surface area (Å²) in [6, 6.07) is 4.86. The average molecular weight is 344 g/mol. The van der Waals surface area contributed by atoms with Gasteiger partial charge in [-0.05, 0) is 49.3 Å². The normalized spacial score (nSPS) is 21.8. The van der Waals surface area contributed by atoms with Gasteiger partial charge in [0, 0.05) is 6.42 Å².